The van der Waals surface area contributed by atoms with Gasteiger partial charge >= 0.3 is 0 Å². The Hall–Kier alpha value is -0.990. The summed E-state index contributed by atoms with van der Waals surface area (Å²) in [5.74, 6) is 1.13. The summed E-state index contributed by atoms with van der Waals surface area (Å²) in [7, 11) is 0. The molecule has 1 atom stereocenters. The first-order valence-electron chi connectivity index (χ1n) is 7.54. The molecule has 0 fully saturated rings. The molecule has 0 aliphatic rings. The number of hydrogen-bond donors (Lipinski definition) is 1. The van der Waals surface area contributed by atoms with Gasteiger partial charge in [0.2, 0.25) is 0 Å². The van der Waals surface area contributed by atoms with Gasteiger partial charge in [-0.3, -0.25) is 0 Å². The quantitative estimate of drug-likeness (QED) is 0.767. The van der Waals surface area contributed by atoms with E-state index < -0.39 is 0 Å². The summed E-state index contributed by atoms with van der Waals surface area (Å²) in [5.41, 5.74) is 1.41. The van der Waals surface area contributed by atoms with Crippen molar-refractivity contribution in [1.29, 1.82) is 0 Å². The van der Waals surface area contributed by atoms with Crippen LogP contribution in [0.3, 0.4) is 0 Å². The number of benzene rings is 2. The largest absolute Gasteiger partial charge is 0.309 e. The van der Waals surface area contributed by atoms with Crippen LogP contribution in [0, 0.1) is 0 Å². The molecule has 2 aromatic rings. The van der Waals surface area contributed by atoms with Gasteiger partial charge in [0.15, 0.2) is 0 Å². The van der Waals surface area contributed by atoms with Crippen LogP contribution < -0.4 is 5.32 Å². The molecule has 1 N–H and O–H groups in total. The lowest BCUT2D eigenvalue weighted by Crippen LogP contribution is -2.24. The molecule has 0 heterocycles. The molecule has 0 saturated carbocycles. The second-order valence-corrected chi connectivity index (χ2v) is 7.10. The van der Waals surface area contributed by atoms with Crippen molar-refractivity contribution in [3.8, 4) is 0 Å². The monoisotopic (exact) mass is 287 g/mol. The smallest absolute Gasteiger partial charge is 0.0412 e. The molecule has 0 spiro atoms. The summed E-state index contributed by atoms with van der Waals surface area (Å²) < 4.78 is 0. The molecular formula is C18H25NS. The predicted octanol–water partition coefficient (Wildman–Crippen LogP) is 5.02. The van der Waals surface area contributed by atoms with Crippen molar-refractivity contribution in [2.24, 2.45) is 0 Å². The molecule has 0 aromatic heterocycles. The lowest BCUT2D eigenvalue weighted by Gasteiger charge is -2.20. The molecule has 1 unspecified atom stereocenters. The standard InChI is InChI=1S/C18H25NS/c1-4-11-19-18(13-20-14(2)3)17-10-9-15-7-5-6-8-16(15)12-17/h5-10,12,14,18-19H,4,11,13H2,1-3H3. The molecule has 0 radical (unpaired) electrons. The van der Waals surface area contributed by atoms with E-state index in [0.29, 0.717) is 11.3 Å². The summed E-state index contributed by atoms with van der Waals surface area (Å²) in [6.45, 7) is 7.83. The highest BCUT2D eigenvalue weighted by Crippen LogP contribution is 2.24. The first-order chi connectivity index (χ1) is 9.70. The lowest BCUT2D eigenvalue weighted by atomic mass is 10.0. The van der Waals surface area contributed by atoms with Crippen molar-refractivity contribution in [2.75, 3.05) is 12.3 Å². The maximum absolute atomic E-state index is 3.68. The van der Waals surface area contributed by atoms with Crippen LogP contribution in [-0.2, 0) is 0 Å². The Morgan fingerprint density at radius 3 is 2.50 bits per heavy atom. The lowest BCUT2D eigenvalue weighted by molar-refractivity contribution is 0.577. The topological polar surface area (TPSA) is 12.0 Å². The fourth-order valence-corrected chi connectivity index (χ4v) is 3.19. The summed E-state index contributed by atoms with van der Waals surface area (Å²) in [6, 6.07) is 15.9. The SMILES string of the molecule is CCCNC(CSC(C)C)c1ccc2ccccc2c1. The van der Waals surface area contributed by atoms with E-state index in [1.807, 2.05) is 11.8 Å². The first kappa shape index (κ1) is 15.4. The van der Waals surface area contributed by atoms with Gasteiger partial charge in [-0.25, -0.2) is 0 Å². The second kappa shape index (κ2) is 7.70. The summed E-state index contributed by atoms with van der Waals surface area (Å²) in [5, 5.41) is 7.02. The Morgan fingerprint density at radius 1 is 1.05 bits per heavy atom. The molecule has 0 aliphatic heterocycles. The van der Waals surface area contributed by atoms with E-state index in [1.165, 1.54) is 22.8 Å². The average Bonchev–Trinajstić information content (AvgIpc) is 2.46. The van der Waals surface area contributed by atoms with Crippen LogP contribution >= 0.6 is 11.8 Å². The van der Waals surface area contributed by atoms with Gasteiger partial charge in [0.25, 0.3) is 0 Å². The maximum Gasteiger partial charge on any atom is 0.0412 e. The molecule has 0 aliphatic carbocycles. The molecule has 20 heavy (non-hydrogen) atoms. The second-order valence-electron chi connectivity index (χ2n) is 5.50. The minimum absolute atomic E-state index is 0.451. The summed E-state index contributed by atoms with van der Waals surface area (Å²) >= 11 is 2.03. The maximum atomic E-state index is 3.68. The van der Waals surface area contributed by atoms with E-state index >= 15 is 0 Å². The van der Waals surface area contributed by atoms with Gasteiger partial charge < -0.3 is 5.32 Å². The minimum Gasteiger partial charge on any atom is -0.309 e. The highest BCUT2D eigenvalue weighted by atomic mass is 32.2. The van der Waals surface area contributed by atoms with Gasteiger partial charge in [-0.1, -0.05) is 57.2 Å². The Kier molecular flexibility index (Phi) is 5.93. The number of fused-ring (bicyclic) bond motifs is 1. The number of thioether (sulfide) groups is 1. The summed E-state index contributed by atoms with van der Waals surface area (Å²) in [6.07, 6.45) is 1.18. The highest BCUT2D eigenvalue weighted by Gasteiger charge is 2.12. The molecular weight excluding hydrogens is 262 g/mol. The van der Waals surface area contributed by atoms with Crippen molar-refractivity contribution >= 4 is 22.5 Å². The van der Waals surface area contributed by atoms with Crippen molar-refractivity contribution in [1.82, 2.24) is 5.32 Å². The van der Waals surface area contributed by atoms with E-state index in [4.69, 9.17) is 0 Å². The van der Waals surface area contributed by atoms with Gasteiger partial charge in [-0.15, -0.1) is 0 Å². The molecule has 2 aromatic carbocycles. The van der Waals surface area contributed by atoms with E-state index in [1.54, 1.807) is 0 Å². The first-order valence-corrected chi connectivity index (χ1v) is 8.59. The van der Waals surface area contributed by atoms with Crippen LogP contribution in [0.15, 0.2) is 42.5 Å². The van der Waals surface area contributed by atoms with Crippen LogP contribution in [0.5, 0.6) is 0 Å². The van der Waals surface area contributed by atoms with Gasteiger partial charge in [0, 0.05) is 11.8 Å². The Morgan fingerprint density at radius 2 is 1.80 bits per heavy atom. The molecule has 2 heteroatoms. The van der Waals surface area contributed by atoms with Crippen molar-refractivity contribution < 1.29 is 0 Å². The Bertz CT molecular complexity index is 536. The third-order valence-electron chi connectivity index (χ3n) is 3.41. The third-order valence-corrected chi connectivity index (χ3v) is 4.61. The van der Waals surface area contributed by atoms with Crippen molar-refractivity contribution in [3.05, 3.63) is 48.0 Å². The van der Waals surface area contributed by atoms with E-state index in [-0.39, 0.29) is 0 Å². The molecule has 2 rings (SSSR count). The van der Waals surface area contributed by atoms with Crippen LogP contribution in [0.2, 0.25) is 0 Å². The van der Waals surface area contributed by atoms with Crippen LogP contribution in [0.1, 0.15) is 38.8 Å². The van der Waals surface area contributed by atoms with Gasteiger partial charge in [0.05, 0.1) is 0 Å². The summed E-state index contributed by atoms with van der Waals surface area (Å²) in [4.78, 5) is 0. The highest BCUT2D eigenvalue weighted by molar-refractivity contribution is 7.99. The van der Waals surface area contributed by atoms with Crippen molar-refractivity contribution in [2.45, 2.75) is 38.5 Å². The van der Waals surface area contributed by atoms with Crippen molar-refractivity contribution in [3.63, 3.8) is 0 Å². The molecule has 0 amide bonds. The number of rotatable bonds is 7. The zero-order valence-electron chi connectivity index (χ0n) is 12.7. The minimum atomic E-state index is 0.451. The molecule has 0 saturated heterocycles. The van der Waals surface area contributed by atoms with E-state index in [9.17, 15) is 0 Å². The van der Waals surface area contributed by atoms with Gasteiger partial charge in [-0.2, -0.15) is 11.8 Å². The van der Waals surface area contributed by atoms with Crippen LogP contribution in [0.4, 0.5) is 0 Å². The molecule has 108 valence electrons. The van der Waals surface area contributed by atoms with Crippen LogP contribution in [0.25, 0.3) is 10.8 Å². The van der Waals surface area contributed by atoms with Crippen LogP contribution in [-0.4, -0.2) is 17.5 Å². The predicted molar refractivity (Wildman–Crippen MR) is 92.6 cm³/mol. The van der Waals surface area contributed by atoms with Gasteiger partial charge in [-0.05, 0) is 40.6 Å². The third kappa shape index (κ3) is 4.26. The number of nitrogens with one attached hydrogen (secondary N) is 1. The normalized spacial score (nSPS) is 13.0. The Balaban J connectivity index is 2.19. The number of hydrogen-bond acceptors (Lipinski definition) is 2. The van der Waals surface area contributed by atoms with E-state index in [2.05, 4.69) is 68.6 Å². The zero-order chi connectivity index (χ0) is 14.4. The fourth-order valence-electron chi connectivity index (χ4n) is 2.30. The zero-order valence-corrected chi connectivity index (χ0v) is 13.5. The fraction of sp³-hybridized carbons (Fsp3) is 0.444. The van der Waals surface area contributed by atoms with Gasteiger partial charge in [0.1, 0.15) is 0 Å². The average molecular weight is 287 g/mol. The van der Waals surface area contributed by atoms with E-state index in [0.717, 1.165) is 12.3 Å². The Labute approximate surface area is 127 Å². The molecule has 0 bridgehead atoms. The molecule has 1 nitrogen and oxygen atoms in total.